The molecule has 1 heterocycles. The molecule has 0 fully saturated rings. The van der Waals surface area contributed by atoms with E-state index in [0.717, 1.165) is 5.56 Å². The maximum absolute atomic E-state index is 12.5. The zero-order valence-corrected chi connectivity index (χ0v) is 15.9. The van der Waals surface area contributed by atoms with Crippen LogP contribution in [0.4, 0.5) is 17.2 Å². The minimum atomic E-state index is -0.485. The van der Waals surface area contributed by atoms with Gasteiger partial charge in [-0.3, -0.25) is 4.79 Å². The first-order chi connectivity index (χ1) is 13.5. The van der Waals surface area contributed by atoms with Crippen molar-refractivity contribution in [2.75, 3.05) is 17.7 Å². The number of hydrogen-bond donors (Lipinski definition) is 2. The lowest BCUT2D eigenvalue weighted by atomic mass is 10.2. The normalized spacial score (nSPS) is 10.2. The molecule has 142 valence electrons. The lowest BCUT2D eigenvalue weighted by Gasteiger charge is -2.11. The predicted molar refractivity (Wildman–Crippen MR) is 107 cm³/mol. The molecule has 2 aromatic carbocycles. The molecule has 2 N–H and O–H groups in total. The number of aromatic nitrogens is 2. The number of carbonyl (C=O) groups is 2. The van der Waals surface area contributed by atoms with Gasteiger partial charge >= 0.3 is 5.97 Å². The number of para-hydroxylation sites is 1. The van der Waals surface area contributed by atoms with Gasteiger partial charge in [0.25, 0.3) is 5.91 Å². The summed E-state index contributed by atoms with van der Waals surface area (Å²) >= 11 is 6.18. The molecule has 0 aliphatic heterocycles. The average molecular weight is 397 g/mol. The molecule has 3 rings (SSSR count). The number of esters is 1. The van der Waals surface area contributed by atoms with Gasteiger partial charge in [0.2, 0.25) is 0 Å². The Hall–Kier alpha value is -3.45. The van der Waals surface area contributed by atoms with Crippen molar-refractivity contribution < 1.29 is 14.3 Å². The second-order valence-electron chi connectivity index (χ2n) is 5.87. The van der Waals surface area contributed by atoms with Crippen molar-refractivity contribution in [2.45, 2.75) is 6.92 Å². The summed E-state index contributed by atoms with van der Waals surface area (Å²) in [5.74, 6) is -0.497. The molecule has 7 nitrogen and oxygen atoms in total. The standard InChI is InChI=1S/C20H17ClN4O3/c1-12-5-3-4-6-15(12)25-19(26)17-10-18(23-11-22-17)24-16-9-13(20(27)28-2)7-8-14(16)21/h3-11H,1-2H3,(H,25,26)(H,22,23,24). The second-order valence-corrected chi connectivity index (χ2v) is 6.28. The molecule has 1 aromatic heterocycles. The third kappa shape index (κ3) is 4.44. The molecule has 0 aliphatic carbocycles. The van der Waals surface area contributed by atoms with Crippen LogP contribution in [-0.4, -0.2) is 29.0 Å². The first kappa shape index (κ1) is 19.3. The number of carbonyl (C=O) groups excluding carboxylic acids is 2. The van der Waals surface area contributed by atoms with E-state index in [4.69, 9.17) is 16.3 Å². The predicted octanol–water partition coefficient (Wildman–Crippen LogP) is 4.22. The van der Waals surface area contributed by atoms with Crippen LogP contribution in [0.25, 0.3) is 0 Å². The molecule has 0 atom stereocenters. The van der Waals surface area contributed by atoms with Crippen LogP contribution in [0.15, 0.2) is 54.9 Å². The molecule has 28 heavy (non-hydrogen) atoms. The first-order valence-corrected chi connectivity index (χ1v) is 8.69. The second kappa shape index (κ2) is 8.49. The van der Waals surface area contributed by atoms with Gasteiger partial charge in [0.1, 0.15) is 17.8 Å². The van der Waals surface area contributed by atoms with Crippen molar-refractivity contribution in [1.82, 2.24) is 9.97 Å². The fourth-order valence-electron chi connectivity index (χ4n) is 2.45. The number of nitrogens with zero attached hydrogens (tertiary/aromatic N) is 2. The van der Waals surface area contributed by atoms with Crippen molar-refractivity contribution in [1.29, 1.82) is 0 Å². The molecule has 0 radical (unpaired) electrons. The van der Waals surface area contributed by atoms with Gasteiger partial charge in [0.05, 0.1) is 23.4 Å². The molecule has 0 unspecified atom stereocenters. The monoisotopic (exact) mass is 396 g/mol. The summed E-state index contributed by atoms with van der Waals surface area (Å²) in [5.41, 5.74) is 2.61. The Balaban J connectivity index is 1.81. The third-order valence-electron chi connectivity index (χ3n) is 3.94. The number of anilines is 3. The fraction of sp³-hybridized carbons (Fsp3) is 0.100. The van der Waals surface area contributed by atoms with Gasteiger partial charge in [0, 0.05) is 11.8 Å². The Morgan fingerprint density at radius 3 is 2.57 bits per heavy atom. The smallest absolute Gasteiger partial charge is 0.337 e. The molecule has 1 amide bonds. The van der Waals surface area contributed by atoms with Crippen LogP contribution in [-0.2, 0) is 4.74 Å². The third-order valence-corrected chi connectivity index (χ3v) is 4.27. The Labute approximate surface area is 166 Å². The molecule has 0 spiro atoms. The Morgan fingerprint density at radius 2 is 1.82 bits per heavy atom. The molecule has 0 saturated carbocycles. The van der Waals surface area contributed by atoms with Gasteiger partial charge in [-0.25, -0.2) is 14.8 Å². The van der Waals surface area contributed by atoms with E-state index in [-0.39, 0.29) is 11.6 Å². The van der Waals surface area contributed by atoms with E-state index in [1.807, 2.05) is 31.2 Å². The van der Waals surface area contributed by atoms with E-state index in [2.05, 4.69) is 20.6 Å². The highest BCUT2D eigenvalue weighted by Gasteiger charge is 2.13. The Morgan fingerprint density at radius 1 is 1.04 bits per heavy atom. The highest BCUT2D eigenvalue weighted by atomic mass is 35.5. The average Bonchev–Trinajstić information content (AvgIpc) is 2.71. The van der Waals surface area contributed by atoms with E-state index in [9.17, 15) is 9.59 Å². The van der Waals surface area contributed by atoms with Crippen molar-refractivity contribution in [2.24, 2.45) is 0 Å². The summed E-state index contributed by atoms with van der Waals surface area (Å²) in [4.78, 5) is 32.3. The maximum atomic E-state index is 12.5. The SMILES string of the molecule is COC(=O)c1ccc(Cl)c(Nc2cc(C(=O)Nc3ccccc3C)ncn2)c1. The summed E-state index contributed by atoms with van der Waals surface area (Å²) in [6, 6.07) is 13.6. The number of nitrogens with one attached hydrogen (secondary N) is 2. The summed E-state index contributed by atoms with van der Waals surface area (Å²) in [6.45, 7) is 1.90. The first-order valence-electron chi connectivity index (χ1n) is 8.32. The summed E-state index contributed by atoms with van der Waals surface area (Å²) in [7, 11) is 1.30. The van der Waals surface area contributed by atoms with Gasteiger partial charge in [-0.2, -0.15) is 0 Å². The Kier molecular flexibility index (Phi) is 5.86. The largest absolute Gasteiger partial charge is 0.465 e. The van der Waals surface area contributed by atoms with Crippen LogP contribution < -0.4 is 10.6 Å². The highest BCUT2D eigenvalue weighted by molar-refractivity contribution is 6.33. The summed E-state index contributed by atoms with van der Waals surface area (Å²) < 4.78 is 4.71. The lowest BCUT2D eigenvalue weighted by molar-refractivity contribution is 0.0600. The van der Waals surface area contributed by atoms with E-state index < -0.39 is 5.97 Å². The van der Waals surface area contributed by atoms with Crippen LogP contribution in [0, 0.1) is 6.92 Å². The minimum Gasteiger partial charge on any atom is -0.465 e. The van der Waals surface area contributed by atoms with Crippen molar-refractivity contribution >= 4 is 40.7 Å². The van der Waals surface area contributed by atoms with Gasteiger partial charge < -0.3 is 15.4 Å². The molecular formula is C20H17ClN4O3. The van der Waals surface area contributed by atoms with Gasteiger partial charge in [-0.05, 0) is 36.8 Å². The summed E-state index contributed by atoms with van der Waals surface area (Å²) in [6.07, 6.45) is 1.27. The van der Waals surface area contributed by atoms with Crippen LogP contribution in [0.1, 0.15) is 26.4 Å². The van der Waals surface area contributed by atoms with E-state index in [1.54, 1.807) is 18.2 Å². The maximum Gasteiger partial charge on any atom is 0.337 e. The summed E-state index contributed by atoms with van der Waals surface area (Å²) in [5, 5.41) is 6.19. The van der Waals surface area contributed by atoms with Gasteiger partial charge in [-0.1, -0.05) is 29.8 Å². The number of amides is 1. The highest BCUT2D eigenvalue weighted by Crippen LogP contribution is 2.26. The molecule has 0 saturated heterocycles. The number of aryl methyl sites for hydroxylation is 1. The van der Waals surface area contributed by atoms with E-state index in [0.29, 0.717) is 27.8 Å². The van der Waals surface area contributed by atoms with Crippen molar-refractivity contribution in [3.8, 4) is 0 Å². The molecule has 3 aromatic rings. The van der Waals surface area contributed by atoms with E-state index in [1.165, 1.54) is 19.5 Å². The van der Waals surface area contributed by atoms with Gasteiger partial charge in [0.15, 0.2) is 0 Å². The minimum absolute atomic E-state index is 0.181. The zero-order valence-electron chi connectivity index (χ0n) is 15.2. The number of ether oxygens (including phenoxy) is 1. The molecule has 0 aliphatic rings. The van der Waals surface area contributed by atoms with Crippen LogP contribution >= 0.6 is 11.6 Å². The van der Waals surface area contributed by atoms with E-state index >= 15 is 0 Å². The topological polar surface area (TPSA) is 93.2 Å². The zero-order chi connectivity index (χ0) is 20.1. The van der Waals surface area contributed by atoms with Crippen LogP contribution in [0.3, 0.4) is 0 Å². The quantitative estimate of drug-likeness (QED) is 0.627. The lowest BCUT2D eigenvalue weighted by Crippen LogP contribution is -2.15. The Bertz CT molecular complexity index is 1040. The van der Waals surface area contributed by atoms with Gasteiger partial charge in [-0.15, -0.1) is 0 Å². The number of rotatable bonds is 5. The number of methoxy groups -OCH3 is 1. The molecule has 0 bridgehead atoms. The number of halogens is 1. The number of hydrogen-bond acceptors (Lipinski definition) is 6. The molecule has 8 heteroatoms. The van der Waals surface area contributed by atoms with Crippen molar-refractivity contribution in [3.05, 3.63) is 76.7 Å². The molecular weight excluding hydrogens is 380 g/mol. The van der Waals surface area contributed by atoms with Crippen LogP contribution in [0.2, 0.25) is 5.02 Å². The van der Waals surface area contributed by atoms with Crippen molar-refractivity contribution in [3.63, 3.8) is 0 Å². The van der Waals surface area contributed by atoms with Crippen LogP contribution in [0.5, 0.6) is 0 Å². The fourth-order valence-corrected chi connectivity index (χ4v) is 2.62. The number of benzene rings is 2.